The Labute approximate surface area is 174 Å². The number of carbonyl (C=O) groups excluding carboxylic acids is 3. The Morgan fingerprint density at radius 1 is 1.07 bits per heavy atom. The summed E-state index contributed by atoms with van der Waals surface area (Å²) in [6.45, 7) is 5.70. The van der Waals surface area contributed by atoms with Gasteiger partial charge in [0.25, 0.3) is 11.1 Å². The third-order valence-corrected chi connectivity index (χ3v) is 6.44. The van der Waals surface area contributed by atoms with Gasteiger partial charge in [-0.2, -0.15) is 0 Å². The summed E-state index contributed by atoms with van der Waals surface area (Å²) in [5.74, 6) is -0.621. The highest BCUT2D eigenvalue weighted by atomic mass is 32.2. The van der Waals surface area contributed by atoms with E-state index < -0.39 is 17.2 Å². The molecule has 3 aliphatic heterocycles. The number of benzene rings is 1. The van der Waals surface area contributed by atoms with Gasteiger partial charge in [-0.15, -0.1) is 0 Å². The summed E-state index contributed by atoms with van der Waals surface area (Å²) in [5.41, 5.74) is 2.04. The third kappa shape index (κ3) is 4.18. The number of thioether (sulfide) groups is 1. The number of amides is 3. The van der Waals surface area contributed by atoms with E-state index in [1.807, 2.05) is 24.3 Å². The van der Waals surface area contributed by atoms with Crippen LogP contribution in [0.2, 0.25) is 0 Å². The molecule has 3 saturated heterocycles. The lowest BCUT2D eigenvalue weighted by Gasteiger charge is -2.31. The molecule has 0 spiro atoms. The topological polar surface area (TPSA) is 70.2 Å². The number of nitrogens with zero attached hydrogens (tertiary/aromatic N) is 3. The van der Waals surface area contributed by atoms with Crippen LogP contribution >= 0.6 is 11.8 Å². The van der Waals surface area contributed by atoms with Gasteiger partial charge in [0.2, 0.25) is 5.91 Å². The van der Waals surface area contributed by atoms with E-state index in [9.17, 15) is 14.4 Å². The minimum absolute atomic E-state index is 0.216. The van der Waals surface area contributed by atoms with Gasteiger partial charge >= 0.3 is 0 Å². The van der Waals surface area contributed by atoms with Gasteiger partial charge in [-0.3, -0.25) is 19.3 Å². The largest absolute Gasteiger partial charge is 0.378 e. The number of anilines is 1. The summed E-state index contributed by atoms with van der Waals surface area (Å²) < 4.78 is 5.26. The molecule has 1 aromatic rings. The van der Waals surface area contributed by atoms with Crippen LogP contribution in [0.4, 0.5) is 10.5 Å². The molecule has 1 unspecified atom stereocenters. The first-order chi connectivity index (χ1) is 14.0. The van der Waals surface area contributed by atoms with Crippen molar-refractivity contribution in [2.24, 2.45) is 0 Å². The smallest absolute Gasteiger partial charge is 0.294 e. The van der Waals surface area contributed by atoms with Gasteiger partial charge in [-0.1, -0.05) is 12.1 Å². The van der Waals surface area contributed by atoms with E-state index in [-0.39, 0.29) is 5.91 Å². The first-order valence-electron chi connectivity index (χ1n) is 10.0. The fourth-order valence-electron chi connectivity index (χ4n) is 3.88. The minimum Gasteiger partial charge on any atom is -0.378 e. The SMILES string of the molecule is CC(C(=O)N1CCOCC1)N1C(=O)S/C(=C\c2ccc(N3CCCC3)cc2)C1=O. The Morgan fingerprint density at radius 2 is 1.72 bits per heavy atom. The zero-order valence-corrected chi connectivity index (χ0v) is 17.3. The van der Waals surface area contributed by atoms with Crippen LogP contribution in [0, 0.1) is 0 Å². The van der Waals surface area contributed by atoms with Gasteiger partial charge in [0.1, 0.15) is 6.04 Å². The Morgan fingerprint density at radius 3 is 2.38 bits per heavy atom. The first kappa shape index (κ1) is 20.0. The molecule has 0 saturated carbocycles. The third-order valence-electron chi connectivity index (χ3n) is 5.55. The molecule has 0 aliphatic carbocycles. The van der Waals surface area contributed by atoms with E-state index in [0.717, 1.165) is 35.3 Å². The zero-order chi connectivity index (χ0) is 20.4. The lowest BCUT2D eigenvalue weighted by atomic mass is 10.1. The zero-order valence-electron chi connectivity index (χ0n) is 16.5. The van der Waals surface area contributed by atoms with Crippen molar-refractivity contribution in [1.82, 2.24) is 9.80 Å². The van der Waals surface area contributed by atoms with Crippen LogP contribution in [0.15, 0.2) is 29.2 Å². The van der Waals surface area contributed by atoms with Crippen molar-refractivity contribution in [3.63, 3.8) is 0 Å². The maximum Gasteiger partial charge on any atom is 0.294 e. The Balaban J connectivity index is 1.46. The van der Waals surface area contributed by atoms with E-state index in [0.29, 0.717) is 31.2 Å². The molecule has 0 N–H and O–H groups in total. The fourth-order valence-corrected chi connectivity index (χ4v) is 4.79. The second kappa shape index (κ2) is 8.59. The van der Waals surface area contributed by atoms with Gasteiger partial charge in [0.05, 0.1) is 18.1 Å². The molecule has 8 heteroatoms. The predicted octanol–water partition coefficient (Wildman–Crippen LogP) is 2.57. The van der Waals surface area contributed by atoms with E-state index >= 15 is 0 Å². The van der Waals surface area contributed by atoms with E-state index in [2.05, 4.69) is 4.90 Å². The quantitative estimate of drug-likeness (QED) is 0.704. The Bertz CT molecular complexity index is 827. The van der Waals surface area contributed by atoms with E-state index in [4.69, 9.17) is 4.74 Å². The molecule has 1 aromatic carbocycles. The summed E-state index contributed by atoms with van der Waals surface area (Å²) in [5, 5.41) is -0.399. The fraction of sp³-hybridized carbons (Fsp3) is 0.476. The predicted molar refractivity (Wildman–Crippen MR) is 113 cm³/mol. The highest BCUT2D eigenvalue weighted by Gasteiger charge is 2.42. The van der Waals surface area contributed by atoms with Gasteiger partial charge < -0.3 is 14.5 Å². The number of morpholine rings is 1. The second-order valence-corrected chi connectivity index (χ2v) is 8.44. The van der Waals surface area contributed by atoms with Crippen LogP contribution in [-0.2, 0) is 14.3 Å². The van der Waals surface area contributed by atoms with Crippen molar-refractivity contribution in [3.05, 3.63) is 34.7 Å². The second-order valence-electron chi connectivity index (χ2n) is 7.45. The molecule has 0 radical (unpaired) electrons. The van der Waals surface area contributed by atoms with Crippen molar-refractivity contribution in [2.45, 2.75) is 25.8 Å². The minimum atomic E-state index is -0.816. The Hall–Kier alpha value is -2.32. The van der Waals surface area contributed by atoms with Crippen LogP contribution in [0.1, 0.15) is 25.3 Å². The van der Waals surface area contributed by atoms with Gasteiger partial charge in [-0.05, 0) is 55.3 Å². The number of carbonyl (C=O) groups is 3. The molecule has 29 heavy (non-hydrogen) atoms. The van der Waals surface area contributed by atoms with Crippen molar-refractivity contribution in [2.75, 3.05) is 44.3 Å². The molecule has 3 aliphatic rings. The molecule has 4 rings (SSSR count). The highest BCUT2D eigenvalue weighted by molar-refractivity contribution is 8.18. The van der Waals surface area contributed by atoms with Crippen molar-refractivity contribution in [3.8, 4) is 0 Å². The number of rotatable bonds is 4. The normalized spacial score (nSPS) is 22.7. The molecule has 3 fully saturated rings. The molecule has 0 aromatic heterocycles. The summed E-state index contributed by atoms with van der Waals surface area (Å²) in [4.78, 5) is 43.4. The van der Waals surface area contributed by atoms with Crippen molar-refractivity contribution < 1.29 is 19.1 Å². The number of hydrogen-bond acceptors (Lipinski definition) is 6. The lowest BCUT2D eigenvalue weighted by Crippen LogP contribution is -2.51. The summed E-state index contributed by atoms with van der Waals surface area (Å²) >= 11 is 0.891. The molecular weight excluding hydrogens is 390 g/mol. The standard InChI is InChI=1S/C21H25N3O4S/c1-15(19(25)23-10-12-28-13-11-23)24-20(26)18(29-21(24)27)14-16-4-6-17(7-5-16)22-8-2-3-9-22/h4-7,14-15H,2-3,8-13H2,1H3/b18-14-. The lowest BCUT2D eigenvalue weighted by molar-refractivity contribution is -0.143. The number of imide groups is 1. The van der Waals surface area contributed by atoms with Crippen LogP contribution < -0.4 is 4.90 Å². The van der Waals surface area contributed by atoms with E-state index in [1.165, 1.54) is 18.5 Å². The maximum atomic E-state index is 12.8. The summed E-state index contributed by atoms with van der Waals surface area (Å²) in [6.07, 6.45) is 4.16. The average Bonchev–Trinajstić information content (AvgIpc) is 3.37. The summed E-state index contributed by atoms with van der Waals surface area (Å²) in [6, 6.07) is 7.20. The molecule has 154 valence electrons. The highest BCUT2D eigenvalue weighted by Crippen LogP contribution is 2.34. The monoisotopic (exact) mass is 415 g/mol. The van der Waals surface area contributed by atoms with Gasteiger partial charge in [0, 0.05) is 31.9 Å². The first-order valence-corrected chi connectivity index (χ1v) is 10.8. The summed E-state index contributed by atoms with van der Waals surface area (Å²) in [7, 11) is 0. The molecular formula is C21H25N3O4S. The van der Waals surface area contributed by atoms with Crippen LogP contribution in [-0.4, -0.2) is 72.3 Å². The Kier molecular flexibility index (Phi) is 5.91. The van der Waals surface area contributed by atoms with Crippen LogP contribution in [0.25, 0.3) is 6.08 Å². The molecule has 3 heterocycles. The number of ether oxygens (including phenoxy) is 1. The van der Waals surface area contributed by atoms with Crippen molar-refractivity contribution in [1.29, 1.82) is 0 Å². The van der Waals surface area contributed by atoms with Crippen LogP contribution in [0.5, 0.6) is 0 Å². The maximum absolute atomic E-state index is 12.8. The molecule has 1 atom stereocenters. The molecule has 3 amide bonds. The van der Waals surface area contributed by atoms with Gasteiger partial charge in [-0.25, -0.2) is 0 Å². The van der Waals surface area contributed by atoms with Gasteiger partial charge in [0.15, 0.2) is 0 Å². The molecule has 0 bridgehead atoms. The van der Waals surface area contributed by atoms with Crippen molar-refractivity contribution >= 4 is 40.6 Å². The van der Waals surface area contributed by atoms with E-state index in [1.54, 1.807) is 17.9 Å². The van der Waals surface area contributed by atoms with Crippen LogP contribution in [0.3, 0.4) is 0 Å². The average molecular weight is 416 g/mol. The molecule has 7 nitrogen and oxygen atoms in total. The number of hydrogen-bond donors (Lipinski definition) is 0.